The van der Waals surface area contributed by atoms with E-state index in [1.807, 2.05) is 83.1 Å². The van der Waals surface area contributed by atoms with Gasteiger partial charge in [-0.1, -0.05) is 41.5 Å². The minimum atomic E-state index is -0.284. The van der Waals surface area contributed by atoms with Gasteiger partial charge < -0.3 is 10.6 Å². The molecule has 0 aliphatic carbocycles. The number of rotatable bonds is 0. The molecule has 0 fully saturated rings. The van der Waals surface area contributed by atoms with E-state index in [0.29, 0.717) is 0 Å². The predicted molar refractivity (Wildman–Crippen MR) is 94.7 cm³/mol. The highest BCUT2D eigenvalue weighted by Crippen LogP contribution is 2.15. The van der Waals surface area contributed by atoms with Gasteiger partial charge in [-0.2, -0.15) is 0 Å². The van der Waals surface area contributed by atoms with Crippen LogP contribution in [-0.4, -0.2) is 22.9 Å². The van der Waals surface area contributed by atoms with E-state index in [0.717, 1.165) is 0 Å². The van der Waals surface area contributed by atoms with Gasteiger partial charge in [0.25, 0.3) is 0 Å². The van der Waals surface area contributed by atoms with E-state index in [1.54, 1.807) is 0 Å². The van der Waals surface area contributed by atoms with Gasteiger partial charge in [-0.05, 0) is 41.5 Å². The first-order valence-corrected chi connectivity index (χ1v) is 7.91. The summed E-state index contributed by atoms with van der Waals surface area (Å²) in [7, 11) is 0. The molecule has 132 valence electrons. The molecule has 0 aliphatic heterocycles. The second-order valence-electron chi connectivity index (χ2n) is 9.91. The van der Waals surface area contributed by atoms with Gasteiger partial charge in [0.05, 0.1) is 0 Å². The highest BCUT2D eigenvalue weighted by atomic mass is 16.2. The van der Waals surface area contributed by atoms with Crippen LogP contribution in [0.25, 0.3) is 0 Å². The van der Waals surface area contributed by atoms with Crippen molar-refractivity contribution >= 4 is 11.8 Å². The zero-order valence-electron chi connectivity index (χ0n) is 16.8. The van der Waals surface area contributed by atoms with Crippen molar-refractivity contribution in [2.75, 3.05) is 0 Å². The Morgan fingerprint density at radius 2 is 0.682 bits per heavy atom. The lowest BCUT2D eigenvalue weighted by Crippen LogP contribution is -2.46. The highest BCUT2D eigenvalue weighted by molar-refractivity contribution is 5.82. The Balaban J connectivity index is 0. The Bertz CT molecular complexity index is 334. The van der Waals surface area contributed by atoms with Crippen LogP contribution in [0.1, 0.15) is 83.1 Å². The van der Waals surface area contributed by atoms with Crippen LogP contribution in [0.15, 0.2) is 0 Å². The van der Waals surface area contributed by atoms with Crippen LogP contribution < -0.4 is 10.6 Å². The molecule has 0 saturated carbocycles. The molecule has 22 heavy (non-hydrogen) atoms. The highest BCUT2D eigenvalue weighted by Gasteiger charge is 2.25. The monoisotopic (exact) mass is 314 g/mol. The van der Waals surface area contributed by atoms with Crippen LogP contribution in [0.3, 0.4) is 0 Å². The van der Waals surface area contributed by atoms with Crippen molar-refractivity contribution in [1.82, 2.24) is 10.6 Å². The van der Waals surface area contributed by atoms with Gasteiger partial charge in [-0.25, -0.2) is 0 Å². The minimum absolute atomic E-state index is 0.102. The summed E-state index contributed by atoms with van der Waals surface area (Å²) in [6.07, 6.45) is 0. The molecule has 0 saturated heterocycles. The molecule has 4 heteroatoms. The molecule has 2 N–H and O–H groups in total. The summed E-state index contributed by atoms with van der Waals surface area (Å²) in [6, 6.07) is 0. The maximum atomic E-state index is 11.4. The molecule has 0 radical (unpaired) electrons. The van der Waals surface area contributed by atoms with Crippen molar-refractivity contribution < 1.29 is 9.59 Å². The topological polar surface area (TPSA) is 58.2 Å². The molecule has 0 aromatic rings. The molecule has 0 heterocycles. The molecule has 0 aromatic heterocycles. The molecular weight excluding hydrogens is 276 g/mol. The van der Waals surface area contributed by atoms with E-state index in [2.05, 4.69) is 10.6 Å². The average Bonchev–Trinajstić information content (AvgIpc) is 2.09. The lowest BCUT2D eigenvalue weighted by molar-refractivity contribution is -0.130. The van der Waals surface area contributed by atoms with Crippen molar-refractivity contribution in [3.8, 4) is 0 Å². The fourth-order valence-electron chi connectivity index (χ4n) is 1.06. The van der Waals surface area contributed by atoms with Crippen LogP contribution in [0.5, 0.6) is 0 Å². The normalized spacial score (nSPS) is 12.9. The van der Waals surface area contributed by atoms with E-state index in [4.69, 9.17) is 0 Å². The smallest absolute Gasteiger partial charge is 0.225 e. The number of hydrogen-bond donors (Lipinski definition) is 2. The standard InChI is InChI=1S/2C9H19NO/c2*1-8(2,3)7(11)10-9(4,5)6/h2*1-6H3,(H,10,11). The maximum absolute atomic E-state index is 11.4. The fraction of sp³-hybridized carbons (Fsp3) is 0.889. The summed E-state index contributed by atoms with van der Waals surface area (Å²) in [5.41, 5.74) is -0.810. The summed E-state index contributed by atoms with van der Waals surface area (Å²) < 4.78 is 0. The molecule has 0 spiro atoms. The summed E-state index contributed by atoms with van der Waals surface area (Å²) in [4.78, 5) is 22.7. The SMILES string of the molecule is CC(C)(C)NC(=O)C(C)(C)C.CC(C)(C)NC(=O)C(C)(C)C. The van der Waals surface area contributed by atoms with Crippen molar-refractivity contribution in [3.05, 3.63) is 0 Å². The number of carbonyl (C=O) groups excluding carboxylic acids is 2. The summed E-state index contributed by atoms with van der Waals surface area (Å²) >= 11 is 0. The third-order valence-corrected chi connectivity index (χ3v) is 2.34. The van der Waals surface area contributed by atoms with Gasteiger partial charge in [0.15, 0.2) is 0 Å². The van der Waals surface area contributed by atoms with E-state index >= 15 is 0 Å². The predicted octanol–water partition coefficient (Wildman–Crippen LogP) is 3.89. The van der Waals surface area contributed by atoms with Gasteiger partial charge in [-0.3, -0.25) is 9.59 Å². The van der Waals surface area contributed by atoms with E-state index in [1.165, 1.54) is 0 Å². The third kappa shape index (κ3) is 13.9. The van der Waals surface area contributed by atoms with Crippen LogP contribution in [0.2, 0.25) is 0 Å². The fourth-order valence-corrected chi connectivity index (χ4v) is 1.06. The second-order valence-corrected chi connectivity index (χ2v) is 9.91. The lowest BCUT2D eigenvalue weighted by atomic mass is 9.94. The zero-order valence-corrected chi connectivity index (χ0v) is 16.8. The van der Waals surface area contributed by atoms with Crippen molar-refractivity contribution in [3.63, 3.8) is 0 Å². The van der Waals surface area contributed by atoms with Crippen LogP contribution >= 0.6 is 0 Å². The lowest BCUT2D eigenvalue weighted by Gasteiger charge is -2.26. The Morgan fingerprint density at radius 3 is 0.727 bits per heavy atom. The summed E-state index contributed by atoms with van der Waals surface area (Å²) in [5.74, 6) is 0.204. The molecular formula is C18H38N2O2. The van der Waals surface area contributed by atoms with E-state index in [-0.39, 0.29) is 33.7 Å². The number of amides is 2. The number of nitrogens with one attached hydrogen (secondary N) is 2. The largest absolute Gasteiger partial charge is 0.351 e. The Hall–Kier alpha value is -1.06. The van der Waals surface area contributed by atoms with Crippen molar-refractivity contribution in [1.29, 1.82) is 0 Å². The zero-order chi connectivity index (χ0) is 18.6. The Kier molecular flexibility index (Phi) is 7.88. The van der Waals surface area contributed by atoms with Crippen LogP contribution in [0.4, 0.5) is 0 Å². The quantitative estimate of drug-likeness (QED) is 0.712. The molecule has 0 aromatic carbocycles. The van der Waals surface area contributed by atoms with Crippen molar-refractivity contribution in [2.24, 2.45) is 10.8 Å². The first-order valence-electron chi connectivity index (χ1n) is 7.91. The van der Waals surface area contributed by atoms with Gasteiger partial charge >= 0.3 is 0 Å². The van der Waals surface area contributed by atoms with Crippen LogP contribution in [-0.2, 0) is 9.59 Å². The Labute approximate surface area is 137 Å². The van der Waals surface area contributed by atoms with Crippen molar-refractivity contribution in [2.45, 2.75) is 94.2 Å². The molecule has 2 amide bonds. The van der Waals surface area contributed by atoms with Crippen LogP contribution in [0, 0.1) is 10.8 Å². The third-order valence-electron chi connectivity index (χ3n) is 2.34. The molecule has 4 nitrogen and oxygen atoms in total. The molecule has 0 aliphatic rings. The molecule has 0 unspecified atom stereocenters. The van der Waals surface area contributed by atoms with Gasteiger partial charge in [0, 0.05) is 21.9 Å². The summed E-state index contributed by atoms with van der Waals surface area (Å²) in [5, 5.41) is 5.84. The van der Waals surface area contributed by atoms with E-state index in [9.17, 15) is 9.59 Å². The number of hydrogen-bond acceptors (Lipinski definition) is 2. The first-order chi connectivity index (χ1) is 9.26. The first kappa shape index (κ1) is 23.2. The Morgan fingerprint density at radius 1 is 0.500 bits per heavy atom. The van der Waals surface area contributed by atoms with Gasteiger partial charge in [0.2, 0.25) is 11.8 Å². The minimum Gasteiger partial charge on any atom is -0.351 e. The molecule has 0 rings (SSSR count). The number of carbonyl (C=O) groups is 2. The summed E-state index contributed by atoms with van der Waals surface area (Å²) in [6.45, 7) is 23.4. The van der Waals surface area contributed by atoms with Gasteiger partial charge in [-0.15, -0.1) is 0 Å². The van der Waals surface area contributed by atoms with E-state index < -0.39 is 0 Å². The average molecular weight is 315 g/mol. The maximum Gasteiger partial charge on any atom is 0.225 e. The molecule has 0 atom stereocenters. The molecule has 0 bridgehead atoms. The second kappa shape index (κ2) is 7.47. The van der Waals surface area contributed by atoms with Gasteiger partial charge in [0.1, 0.15) is 0 Å².